The molecule has 0 aliphatic carbocycles. The van der Waals surface area contributed by atoms with Crippen LogP contribution < -0.4 is 10.5 Å². The molecule has 1 amide bonds. The largest absolute Gasteiger partial charge is 0.495 e. The fraction of sp³-hybridized carbons (Fsp3) is 0.467. The van der Waals surface area contributed by atoms with Crippen LogP contribution in [0.1, 0.15) is 36.9 Å². The minimum Gasteiger partial charge on any atom is -0.495 e. The Morgan fingerprint density at radius 2 is 2.30 bits per heavy atom. The first-order valence-electron chi connectivity index (χ1n) is 6.75. The Balaban J connectivity index is 2.39. The number of rotatable bonds is 4. The van der Waals surface area contributed by atoms with Crippen LogP contribution in [0.5, 0.6) is 5.75 Å². The summed E-state index contributed by atoms with van der Waals surface area (Å²) in [5.41, 5.74) is 7.47. The number of nitrogens with two attached hydrogens (primary N) is 1. The molecule has 2 N–H and O–H groups in total. The Kier molecular flexibility index (Phi) is 4.26. The predicted octanol–water partition coefficient (Wildman–Crippen LogP) is 1.58. The van der Waals surface area contributed by atoms with Gasteiger partial charge >= 0.3 is 0 Å². The van der Waals surface area contributed by atoms with Gasteiger partial charge in [-0.2, -0.15) is 5.26 Å². The van der Waals surface area contributed by atoms with Crippen molar-refractivity contribution in [3.8, 4) is 11.8 Å². The third kappa shape index (κ3) is 2.47. The lowest BCUT2D eigenvalue weighted by Gasteiger charge is -2.27. The molecule has 1 fully saturated rings. The van der Waals surface area contributed by atoms with Crippen LogP contribution in [0.15, 0.2) is 18.2 Å². The van der Waals surface area contributed by atoms with Crippen molar-refractivity contribution in [3.05, 3.63) is 29.3 Å². The van der Waals surface area contributed by atoms with E-state index in [4.69, 9.17) is 15.7 Å². The van der Waals surface area contributed by atoms with Crippen LogP contribution in [0.3, 0.4) is 0 Å². The van der Waals surface area contributed by atoms with Crippen LogP contribution in [0.4, 0.5) is 0 Å². The van der Waals surface area contributed by atoms with Crippen molar-refractivity contribution in [2.75, 3.05) is 13.7 Å². The van der Waals surface area contributed by atoms with Crippen molar-refractivity contribution in [2.45, 2.75) is 31.8 Å². The van der Waals surface area contributed by atoms with Crippen LogP contribution in [0, 0.1) is 11.3 Å². The Bertz CT molecular complexity index is 551. The van der Waals surface area contributed by atoms with Gasteiger partial charge in [-0.3, -0.25) is 4.79 Å². The van der Waals surface area contributed by atoms with Gasteiger partial charge in [0.2, 0.25) is 5.91 Å². The van der Waals surface area contributed by atoms with Crippen molar-refractivity contribution >= 4 is 5.91 Å². The van der Waals surface area contributed by atoms with E-state index in [2.05, 4.69) is 6.07 Å². The SMILES string of the molecule is CCCN1C(=O)CC(N)C1c1ccc(OC)c(C#N)c1. The fourth-order valence-electron chi connectivity index (χ4n) is 2.75. The molecule has 20 heavy (non-hydrogen) atoms. The van der Waals surface area contributed by atoms with Crippen molar-refractivity contribution in [1.82, 2.24) is 4.90 Å². The number of hydrogen-bond acceptors (Lipinski definition) is 4. The van der Waals surface area contributed by atoms with E-state index in [0.29, 0.717) is 24.3 Å². The maximum Gasteiger partial charge on any atom is 0.224 e. The molecule has 1 aromatic carbocycles. The van der Waals surface area contributed by atoms with E-state index in [-0.39, 0.29) is 18.0 Å². The molecule has 2 rings (SSSR count). The zero-order valence-corrected chi connectivity index (χ0v) is 11.8. The predicted molar refractivity (Wildman–Crippen MR) is 75.0 cm³/mol. The highest BCUT2D eigenvalue weighted by molar-refractivity contribution is 5.80. The van der Waals surface area contributed by atoms with E-state index in [0.717, 1.165) is 12.0 Å². The number of methoxy groups -OCH3 is 1. The summed E-state index contributed by atoms with van der Waals surface area (Å²) in [4.78, 5) is 13.8. The van der Waals surface area contributed by atoms with Gasteiger partial charge in [0, 0.05) is 19.0 Å². The van der Waals surface area contributed by atoms with Crippen molar-refractivity contribution in [2.24, 2.45) is 5.73 Å². The van der Waals surface area contributed by atoms with Crippen LogP contribution in [-0.2, 0) is 4.79 Å². The molecule has 1 saturated heterocycles. The summed E-state index contributed by atoms with van der Waals surface area (Å²) < 4.78 is 5.14. The molecule has 5 heteroatoms. The van der Waals surface area contributed by atoms with E-state index in [9.17, 15) is 4.79 Å². The fourth-order valence-corrected chi connectivity index (χ4v) is 2.75. The van der Waals surface area contributed by atoms with E-state index in [1.54, 1.807) is 12.1 Å². The summed E-state index contributed by atoms with van der Waals surface area (Å²) in [7, 11) is 1.53. The summed E-state index contributed by atoms with van der Waals surface area (Å²) in [6, 6.07) is 7.14. The van der Waals surface area contributed by atoms with Crippen LogP contribution in [-0.4, -0.2) is 30.5 Å². The molecule has 5 nitrogen and oxygen atoms in total. The number of hydrogen-bond donors (Lipinski definition) is 1. The van der Waals surface area contributed by atoms with Crippen LogP contribution in [0.25, 0.3) is 0 Å². The maximum atomic E-state index is 12.0. The van der Waals surface area contributed by atoms with Gasteiger partial charge in [0.05, 0.1) is 18.7 Å². The number of carbonyl (C=O) groups excluding carboxylic acids is 1. The van der Waals surface area contributed by atoms with Crippen LogP contribution in [0.2, 0.25) is 0 Å². The lowest BCUT2D eigenvalue weighted by Crippen LogP contribution is -2.33. The normalized spacial score (nSPS) is 21.9. The molecule has 106 valence electrons. The highest BCUT2D eigenvalue weighted by Gasteiger charge is 2.38. The second kappa shape index (κ2) is 5.93. The molecular formula is C15H19N3O2. The molecule has 0 bridgehead atoms. The summed E-state index contributed by atoms with van der Waals surface area (Å²) >= 11 is 0. The molecule has 2 unspecified atom stereocenters. The zero-order valence-electron chi connectivity index (χ0n) is 11.8. The lowest BCUT2D eigenvalue weighted by molar-refractivity contribution is -0.129. The quantitative estimate of drug-likeness (QED) is 0.903. The van der Waals surface area contributed by atoms with E-state index < -0.39 is 0 Å². The van der Waals surface area contributed by atoms with Crippen molar-refractivity contribution in [3.63, 3.8) is 0 Å². The Morgan fingerprint density at radius 3 is 2.90 bits per heavy atom. The Labute approximate surface area is 118 Å². The minimum absolute atomic E-state index is 0.0821. The number of nitriles is 1. The third-order valence-electron chi connectivity index (χ3n) is 3.62. The first-order valence-corrected chi connectivity index (χ1v) is 6.75. The van der Waals surface area contributed by atoms with Gasteiger partial charge in [0.25, 0.3) is 0 Å². The van der Waals surface area contributed by atoms with Gasteiger partial charge in [0.15, 0.2) is 0 Å². The minimum atomic E-state index is -0.228. The number of benzene rings is 1. The summed E-state index contributed by atoms with van der Waals surface area (Å²) in [5.74, 6) is 0.620. The average Bonchev–Trinajstić information content (AvgIpc) is 2.73. The number of likely N-dealkylation sites (tertiary alicyclic amines) is 1. The number of ether oxygens (including phenoxy) is 1. The topological polar surface area (TPSA) is 79.3 Å². The van der Waals surface area contributed by atoms with E-state index in [1.807, 2.05) is 17.9 Å². The molecule has 0 aromatic heterocycles. The van der Waals surface area contributed by atoms with Gasteiger partial charge in [-0.15, -0.1) is 0 Å². The molecule has 0 saturated carbocycles. The van der Waals surface area contributed by atoms with Gasteiger partial charge in [-0.25, -0.2) is 0 Å². The zero-order chi connectivity index (χ0) is 14.7. The highest BCUT2D eigenvalue weighted by Crippen LogP contribution is 2.34. The number of amides is 1. The monoisotopic (exact) mass is 273 g/mol. The molecule has 1 aromatic rings. The first-order chi connectivity index (χ1) is 9.62. The average molecular weight is 273 g/mol. The Morgan fingerprint density at radius 1 is 1.55 bits per heavy atom. The van der Waals surface area contributed by atoms with Gasteiger partial charge in [0.1, 0.15) is 11.8 Å². The van der Waals surface area contributed by atoms with E-state index in [1.165, 1.54) is 7.11 Å². The summed E-state index contributed by atoms with van der Waals surface area (Å²) in [6.45, 7) is 2.72. The Hall–Kier alpha value is -2.06. The summed E-state index contributed by atoms with van der Waals surface area (Å²) in [6.07, 6.45) is 1.24. The number of carbonyl (C=O) groups is 1. The van der Waals surface area contributed by atoms with Gasteiger partial charge in [-0.1, -0.05) is 13.0 Å². The standard InChI is InChI=1S/C15H19N3O2/c1-3-6-18-14(19)8-12(17)15(18)10-4-5-13(20-2)11(7-10)9-16/h4-5,7,12,15H,3,6,8,17H2,1-2H3. The molecule has 0 radical (unpaired) electrons. The highest BCUT2D eigenvalue weighted by atomic mass is 16.5. The van der Waals surface area contributed by atoms with Gasteiger partial charge < -0.3 is 15.4 Å². The molecule has 2 atom stereocenters. The second-order valence-electron chi connectivity index (χ2n) is 4.97. The first kappa shape index (κ1) is 14.4. The molecular weight excluding hydrogens is 254 g/mol. The second-order valence-corrected chi connectivity index (χ2v) is 4.97. The summed E-state index contributed by atoms with van der Waals surface area (Å²) in [5, 5.41) is 9.16. The molecule has 1 aliphatic heterocycles. The van der Waals surface area contributed by atoms with E-state index >= 15 is 0 Å². The molecule has 1 heterocycles. The number of nitrogens with zero attached hydrogens (tertiary/aromatic N) is 2. The molecule has 0 spiro atoms. The third-order valence-corrected chi connectivity index (χ3v) is 3.62. The van der Waals surface area contributed by atoms with Crippen molar-refractivity contribution < 1.29 is 9.53 Å². The van der Waals surface area contributed by atoms with Crippen molar-refractivity contribution in [1.29, 1.82) is 5.26 Å². The van der Waals surface area contributed by atoms with Gasteiger partial charge in [-0.05, 0) is 24.1 Å². The molecule has 1 aliphatic rings. The smallest absolute Gasteiger partial charge is 0.224 e. The lowest BCUT2D eigenvalue weighted by atomic mass is 9.98. The van der Waals surface area contributed by atoms with Crippen LogP contribution >= 0.6 is 0 Å². The maximum absolute atomic E-state index is 12.0.